The number of nitrogens with zero attached hydrogens (tertiary/aromatic N) is 1. The molecule has 2 aliphatic rings. The van der Waals surface area contributed by atoms with Crippen LogP contribution in [0.2, 0.25) is 0 Å². The molecule has 0 spiro atoms. The van der Waals surface area contributed by atoms with Crippen molar-refractivity contribution in [2.24, 2.45) is 11.8 Å². The SMILES string of the molecule is CC1CCCC(C(CC(=O)O)N2CCOCC2)C1. The summed E-state index contributed by atoms with van der Waals surface area (Å²) in [6.07, 6.45) is 5.23. The van der Waals surface area contributed by atoms with Crippen molar-refractivity contribution in [2.75, 3.05) is 26.3 Å². The van der Waals surface area contributed by atoms with E-state index in [2.05, 4.69) is 11.8 Å². The fourth-order valence-corrected chi connectivity index (χ4v) is 3.51. The second kappa shape index (κ2) is 6.53. The molecule has 1 N–H and O–H groups in total. The number of carboxylic acid groups (broad SMARTS) is 1. The van der Waals surface area contributed by atoms with E-state index >= 15 is 0 Å². The molecule has 1 saturated carbocycles. The Morgan fingerprint density at radius 1 is 1.39 bits per heavy atom. The third-order valence-corrected chi connectivity index (χ3v) is 4.42. The van der Waals surface area contributed by atoms with E-state index in [0.717, 1.165) is 32.2 Å². The van der Waals surface area contributed by atoms with Gasteiger partial charge in [-0.05, 0) is 24.7 Å². The summed E-state index contributed by atoms with van der Waals surface area (Å²) in [6, 6.07) is 0.217. The van der Waals surface area contributed by atoms with E-state index in [0.29, 0.717) is 5.92 Å². The van der Waals surface area contributed by atoms with Gasteiger partial charge in [0.05, 0.1) is 19.6 Å². The monoisotopic (exact) mass is 255 g/mol. The highest BCUT2D eigenvalue weighted by Gasteiger charge is 2.33. The maximum atomic E-state index is 11.1. The van der Waals surface area contributed by atoms with Crippen molar-refractivity contribution >= 4 is 5.97 Å². The van der Waals surface area contributed by atoms with Crippen LogP contribution < -0.4 is 0 Å². The van der Waals surface area contributed by atoms with Gasteiger partial charge in [-0.2, -0.15) is 0 Å². The lowest BCUT2D eigenvalue weighted by Crippen LogP contribution is -2.48. The van der Waals surface area contributed by atoms with Gasteiger partial charge in [0.2, 0.25) is 0 Å². The highest BCUT2D eigenvalue weighted by Crippen LogP contribution is 2.34. The highest BCUT2D eigenvalue weighted by molar-refractivity contribution is 5.67. The number of rotatable bonds is 4. The first-order valence-corrected chi connectivity index (χ1v) is 7.20. The number of aliphatic carboxylic acids is 1. The maximum absolute atomic E-state index is 11.1. The Bertz CT molecular complexity index is 276. The lowest BCUT2D eigenvalue weighted by molar-refractivity contribution is -0.140. The van der Waals surface area contributed by atoms with E-state index < -0.39 is 5.97 Å². The van der Waals surface area contributed by atoms with Gasteiger partial charge in [-0.25, -0.2) is 0 Å². The first-order valence-electron chi connectivity index (χ1n) is 7.20. The second-order valence-corrected chi connectivity index (χ2v) is 5.85. The van der Waals surface area contributed by atoms with Crippen molar-refractivity contribution < 1.29 is 14.6 Å². The largest absolute Gasteiger partial charge is 0.481 e. The Labute approximate surface area is 109 Å². The van der Waals surface area contributed by atoms with Crippen molar-refractivity contribution in [3.05, 3.63) is 0 Å². The summed E-state index contributed by atoms with van der Waals surface area (Å²) in [6.45, 7) is 5.58. The zero-order valence-corrected chi connectivity index (χ0v) is 11.3. The lowest BCUT2D eigenvalue weighted by Gasteiger charge is -2.41. The number of carboxylic acids is 1. The maximum Gasteiger partial charge on any atom is 0.304 e. The second-order valence-electron chi connectivity index (χ2n) is 5.85. The molecule has 0 radical (unpaired) electrons. The highest BCUT2D eigenvalue weighted by atomic mass is 16.5. The van der Waals surface area contributed by atoms with E-state index in [1.54, 1.807) is 0 Å². The predicted octanol–water partition coefficient (Wildman–Crippen LogP) is 1.99. The van der Waals surface area contributed by atoms with E-state index in [4.69, 9.17) is 9.84 Å². The summed E-state index contributed by atoms with van der Waals surface area (Å²) < 4.78 is 5.37. The van der Waals surface area contributed by atoms with Gasteiger partial charge in [-0.15, -0.1) is 0 Å². The summed E-state index contributed by atoms with van der Waals surface area (Å²) in [5.41, 5.74) is 0. The third-order valence-electron chi connectivity index (χ3n) is 4.42. The molecule has 0 aromatic heterocycles. The van der Waals surface area contributed by atoms with Gasteiger partial charge in [0.15, 0.2) is 0 Å². The molecular formula is C14H25NO3. The molecule has 2 rings (SSSR count). The van der Waals surface area contributed by atoms with E-state index in [1.165, 1.54) is 25.7 Å². The van der Waals surface area contributed by atoms with Gasteiger partial charge >= 0.3 is 5.97 Å². The van der Waals surface area contributed by atoms with Crippen LogP contribution in [-0.4, -0.2) is 48.3 Å². The minimum atomic E-state index is -0.662. The standard InChI is InChI=1S/C14H25NO3/c1-11-3-2-4-12(9-11)13(10-14(16)17)15-5-7-18-8-6-15/h11-13H,2-10H2,1H3,(H,16,17). The average molecular weight is 255 g/mol. The quantitative estimate of drug-likeness (QED) is 0.834. The van der Waals surface area contributed by atoms with Gasteiger partial charge < -0.3 is 9.84 Å². The molecule has 4 nitrogen and oxygen atoms in total. The molecule has 0 amide bonds. The lowest BCUT2D eigenvalue weighted by atomic mass is 9.77. The predicted molar refractivity (Wildman–Crippen MR) is 69.6 cm³/mol. The Balaban J connectivity index is 2.00. The molecule has 0 aromatic carbocycles. The van der Waals surface area contributed by atoms with E-state index in [9.17, 15) is 4.79 Å². The molecule has 1 heterocycles. The molecule has 1 saturated heterocycles. The Hall–Kier alpha value is -0.610. The fraction of sp³-hybridized carbons (Fsp3) is 0.929. The van der Waals surface area contributed by atoms with Gasteiger partial charge in [0.25, 0.3) is 0 Å². The smallest absolute Gasteiger partial charge is 0.304 e. The van der Waals surface area contributed by atoms with E-state index in [1.807, 2.05) is 0 Å². The number of hydrogen-bond acceptors (Lipinski definition) is 3. The molecule has 2 fully saturated rings. The average Bonchev–Trinajstić information content (AvgIpc) is 2.37. The van der Waals surface area contributed by atoms with Crippen LogP contribution in [-0.2, 0) is 9.53 Å². The summed E-state index contributed by atoms with van der Waals surface area (Å²) in [7, 11) is 0. The molecule has 3 atom stereocenters. The molecule has 0 aromatic rings. The first kappa shape index (κ1) is 13.8. The fourth-order valence-electron chi connectivity index (χ4n) is 3.51. The van der Waals surface area contributed by atoms with E-state index in [-0.39, 0.29) is 12.5 Å². The Morgan fingerprint density at radius 2 is 2.11 bits per heavy atom. The van der Waals surface area contributed by atoms with Crippen LogP contribution in [0.1, 0.15) is 39.0 Å². The Morgan fingerprint density at radius 3 is 2.72 bits per heavy atom. The van der Waals surface area contributed by atoms with Gasteiger partial charge in [0.1, 0.15) is 0 Å². The number of morpholine rings is 1. The molecule has 18 heavy (non-hydrogen) atoms. The zero-order valence-electron chi connectivity index (χ0n) is 11.3. The van der Waals surface area contributed by atoms with Crippen molar-refractivity contribution in [3.8, 4) is 0 Å². The number of carbonyl (C=O) groups is 1. The molecule has 104 valence electrons. The third kappa shape index (κ3) is 3.69. The normalized spacial score (nSPS) is 32.1. The van der Waals surface area contributed by atoms with Gasteiger partial charge in [-0.3, -0.25) is 9.69 Å². The van der Waals surface area contributed by atoms with Crippen molar-refractivity contribution in [3.63, 3.8) is 0 Å². The molecule has 0 bridgehead atoms. The topological polar surface area (TPSA) is 49.8 Å². The van der Waals surface area contributed by atoms with Crippen molar-refractivity contribution in [2.45, 2.75) is 45.1 Å². The zero-order chi connectivity index (χ0) is 13.0. The first-order chi connectivity index (χ1) is 8.66. The van der Waals surface area contributed by atoms with Gasteiger partial charge in [-0.1, -0.05) is 19.8 Å². The van der Waals surface area contributed by atoms with Crippen LogP contribution in [0.4, 0.5) is 0 Å². The van der Waals surface area contributed by atoms with Crippen LogP contribution in [0.3, 0.4) is 0 Å². The van der Waals surface area contributed by atoms with Crippen molar-refractivity contribution in [1.29, 1.82) is 0 Å². The Kier molecular flexibility index (Phi) is 5.01. The summed E-state index contributed by atoms with van der Waals surface area (Å²) in [4.78, 5) is 13.5. The molecular weight excluding hydrogens is 230 g/mol. The summed E-state index contributed by atoms with van der Waals surface area (Å²) >= 11 is 0. The van der Waals surface area contributed by atoms with Crippen molar-refractivity contribution in [1.82, 2.24) is 4.90 Å². The number of ether oxygens (including phenoxy) is 1. The molecule has 1 aliphatic heterocycles. The van der Waals surface area contributed by atoms with Crippen LogP contribution >= 0.6 is 0 Å². The van der Waals surface area contributed by atoms with Crippen LogP contribution in [0.5, 0.6) is 0 Å². The summed E-state index contributed by atoms with van der Waals surface area (Å²) in [5.74, 6) is 0.647. The number of hydrogen-bond donors (Lipinski definition) is 1. The molecule has 3 unspecified atom stereocenters. The molecule has 1 aliphatic carbocycles. The van der Waals surface area contributed by atoms with Crippen LogP contribution in [0.15, 0.2) is 0 Å². The van der Waals surface area contributed by atoms with Crippen LogP contribution in [0.25, 0.3) is 0 Å². The van der Waals surface area contributed by atoms with Crippen LogP contribution in [0, 0.1) is 11.8 Å². The minimum Gasteiger partial charge on any atom is -0.481 e. The molecule has 4 heteroatoms. The summed E-state index contributed by atoms with van der Waals surface area (Å²) in [5, 5.41) is 9.15. The minimum absolute atomic E-state index is 0.217. The van der Waals surface area contributed by atoms with Gasteiger partial charge in [0, 0.05) is 19.1 Å².